The number of hydrogen-bond acceptors (Lipinski definition) is 7. The first-order valence-electron chi connectivity index (χ1n) is 10.7. The standard InChI is InChI=1S/C23H26N2O5/c1-4-27-21(26)19-12-17(14-9-10-14)23(30-25-19)20-16(22(29-23)28-13(2)3)11-15-7-5-6-8-18(15)24-20/h5-8,11,13-14,17,22H,4,9-10,12H2,1-3H3/t17?,22-,23+/m0/s1. The summed E-state index contributed by atoms with van der Waals surface area (Å²) in [5, 5.41) is 5.18. The second-order valence-electron chi connectivity index (χ2n) is 8.42. The molecule has 0 radical (unpaired) electrons. The van der Waals surface area contributed by atoms with Gasteiger partial charge in [0.1, 0.15) is 5.69 Å². The number of pyridine rings is 1. The summed E-state index contributed by atoms with van der Waals surface area (Å²) in [6, 6.07) is 10.0. The maximum atomic E-state index is 12.3. The first-order valence-corrected chi connectivity index (χ1v) is 10.7. The minimum atomic E-state index is -1.16. The van der Waals surface area contributed by atoms with E-state index in [2.05, 4.69) is 11.2 Å². The van der Waals surface area contributed by atoms with E-state index in [0.717, 1.165) is 29.3 Å². The lowest BCUT2D eigenvalue weighted by molar-refractivity contribution is -0.338. The molecule has 2 aliphatic heterocycles. The zero-order chi connectivity index (χ0) is 20.9. The number of aromatic nitrogens is 1. The fourth-order valence-corrected chi connectivity index (χ4v) is 4.43. The molecule has 0 bridgehead atoms. The first-order chi connectivity index (χ1) is 14.5. The van der Waals surface area contributed by atoms with Crippen LogP contribution in [0, 0.1) is 11.8 Å². The van der Waals surface area contributed by atoms with Gasteiger partial charge in [0.2, 0.25) is 0 Å². The summed E-state index contributed by atoms with van der Waals surface area (Å²) in [4.78, 5) is 23.3. The minimum absolute atomic E-state index is 0.0361. The van der Waals surface area contributed by atoms with Crippen LogP contribution in [0.4, 0.5) is 0 Å². The van der Waals surface area contributed by atoms with Gasteiger partial charge in [-0.3, -0.25) is 4.74 Å². The van der Waals surface area contributed by atoms with Crippen molar-refractivity contribution in [3.05, 3.63) is 41.6 Å². The van der Waals surface area contributed by atoms with Crippen LogP contribution in [0.3, 0.4) is 0 Å². The third-order valence-electron chi connectivity index (χ3n) is 5.91. The van der Waals surface area contributed by atoms with Crippen molar-refractivity contribution in [2.45, 2.75) is 58.2 Å². The molecule has 1 aromatic heterocycles. The number of oxime groups is 1. The molecular formula is C23H26N2O5. The molecular weight excluding hydrogens is 384 g/mol. The van der Waals surface area contributed by atoms with Gasteiger partial charge in [-0.05, 0) is 51.7 Å². The Morgan fingerprint density at radius 3 is 2.83 bits per heavy atom. The Kier molecular flexibility index (Phi) is 4.75. The van der Waals surface area contributed by atoms with Crippen molar-refractivity contribution in [3.8, 4) is 0 Å². The number of nitrogens with zero attached hydrogens (tertiary/aromatic N) is 2. The van der Waals surface area contributed by atoms with Crippen LogP contribution in [-0.2, 0) is 29.6 Å². The molecule has 1 aliphatic carbocycles. The van der Waals surface area contributed by atoms with Gasteiger partial charge >= 0.3 is 5.97 Å². The number of carbonyl (C=O) groups is 1. The monoisotopic (exact) mass is 410 g/mol. The average molecular weight is 410 g/mol. The van der Waals surface area contributed by atoms with Gasteiger partial charge < -0.3 is 14.3 Å². The average Bonchev–Trinajstić information content (AvgIpc) is 3.53. The van der Waals surface area contributed by atoms with Crippen molar-refractivity contribution < 1.29 is 23.8 Å². The summed E-state index contributed by atoms with van der Waals surface area (Å²) in [5.74, 6) is -1.29. The van der Waals surface area contributed by atoms with Crippen LogP contribution in [-0.4, -0.2) is 29.4 Å². The number of benzene rings is 1. The summed E-state index contributed by atoms with van der Waals surface area (Å²) in [5.41, 5.74) is 2.74. The Morgan fingerprint density at radius 1 is 1.30 bits per heavy atom. The molecule has 1 fully saturated rings. The highest BCUT2D eigenvalue weighted by Gasteiger charge is 2.61. The van der Waals surface area contributed by atoms with E-state index in [1.165, 1.54) is 0 Å². The smallest absolute Gasteiger partial charge is 0.356 e. The Hall–Kier alpha value is -2.51. The number of rotatable bonds is 5. The van der Waals surface area contributed by atoms with Gasteiger partial charge in [0.15, 0.2) is 12.0 Å². The normalized spacial score (nSPS) is 27.8. The molecule has 1 saturated carbocycles. The van der Waals surface area contributed by atoms with E-state index in [1.807, 2.05) is 38.1 Å². The van der Waals surface area contributed by atoms with Crippen molar-refractivity contribution >= 4 is 22.6 Å². The Bertz CT molecular complexity index is 1020. The van der Waals surface area contributed by atoms with Gasteiger partial charge in [0.25, 0.3) is 5.79 Å². The second-order valence-corrected chi connectivity index (χ2v) is 8.42. The number of fused-ring (bicyclic) bond motifs is 3. The van der Waals surface area contributed by atoms with Gasteiger partial charge in [-0.15, -0.1) is 0 Å². The first kappa shape index (κ1) is 19.5. The van der Waals surface area contributed by atoms with Crippen LogP contribution in [0.2, 0.25) is 0 Å². The molecule has 1 unspecified atom stereocenters. The van der Waals surface area contributed by atoms with Crippen molar-refractivity contribution in [1.29, 1.82) is 0 Å². The van der Waals surface area contributed by atoms with Crippen LogP contribution in [0.5, 0.6) is 0 Å². The molecule has 3 aliphatic rings. The fourth-order valence-electron chi connectivity index (χ4n) is 4.43. The number of para-hydroxylation sites is 1. The lowest BCUT2D eigenvalue weighted by Gasteiger charge is -2.37. The van der Waals surface area contributed by atoms with E-state index in [0.29, 0.717) is 30.4 Å². The molecule has 158 valence electrons. The molecule has 5 rings (SSSR count). The molecule has 7 nitrogen and oxygen atoms in total. The third kappa shape index (κ3) is 3.17. The lowest BCUT2D eigenvalue weighted by Crippen LogP contribution is -2.44. The van der Waals surface area contributed by atoms with Gasteiger partial charge in [-0.1, -0.05) is 23.4 Å². The summed E-state index contributed by atoms with van der Waals surface area (Å²) < 4.78 is 17.7. The summed E-state index contributed by atoms with van der Waals surface area (Å²) in [6.07, 6.45) is 1.93. The fraction of sp³-hybridized carbons (Fsp3) is 0.522. The summed E-state index contributed by atoms with van der Waals surface area (Å²) >= 11 is 0. The van der Waals surface area contributed by atoms with E-state index < -0.39 is 18.0 Å². The number of ether oxygens (including phenoxy) is 3. The molecule has 2 aromatic rings. The molecule has 3 heterocycles. The Balaban J connectivity index is 1.62. The van der Waals surface area contributed by atoms with E-state index in [1.54, 1.807) is 6.92 Å². The van der Waals surface area contributed by atoms with Crippen molar-refractivity contribution in [3.63, 3.8) is 0 Å². The zero-order valence-electron chi connectivity index (χ0n) is 17.5. The second kappa shape index (κ2) is 7.32. The summed E-state index contributed by atoms with van der Waals surface area (Å²) in [6.45, 7) is 6.02. The highest BCUT2D eigenvalue weighted by Crippen LogP contribution is 2.57. The van der Waals surface area contributed by atoms with Crippen LogP contribution < -0.4 is 0 Å². The van der Waals surface area contributed by atoms with Crippen molar-refractivity contribution in [2.24, 2.45) is 17.0 Å². The molecule has 0 N–H and O–H groups in total. The maximum absolute atomic E-state index is 12.3. The zero-order valence-corrected chi connectivity index (χ0v) is 17.5. The quantitative estimate of drug-likeness (QED) is 0.687. The van der Waals surface area contributed by atoms with Crippen molar-refractivity contribution in [1.82, 2.24) is 4.98 Å². The highest BCUT2D eigenvalue weighted by atomic mass is 16.8. The van der Waals surface area contributed by atoms with Crippen LogP contribution >= 0.6 is 0 Å². The Labute approximate surface area is 175 Å². The van der Waals surface area contributed by atoms with Crippen LogP contribution in [0.1, 0.15) is 57.6 Å². The van der Waals surface area contributed by atoms with Crippen molar-refractivity contribution in [2.75, 3.05) is 6.61 Å². The topological polar surface area (TPSA) is 79.2 Å². The molecule has 0 saturated heterocycles. The predicted octanol–water partition coefficient (Wildman–Crippen LogP) is 4.21. The van der Waals surface area contributed by atoms with E-state index >= 15 is 0 Å². The highest BCUT2D eigenvalue weighted by molar-refractivity contribution is 6.36. The number of carbonyl (C=O) groups excluding carboxylic acids is 1. The maximum Gasteiger partial charge on any atom is 0.356 e. The van der Waals surface area contributed by atoms with Crippen LogP contribution in [0.25, 0.3) is 10.9 Å². The van der Waals surface area contributed by atoms with E-state index in [-0.39, 0.29) is 12.0 Å². The molecule has 1 spiro atoms. The number of esters is 1. The summed E-state index contributed by atoms with van der Waals surface area (Å²) in [7, 11) is 0. The largest absolute Gasteiger partial charge is 0.461 e. The molecule has 1 aromatic carbocycles. The third-order valence-corrected chi connectivity index (χ3v) is 5.91. The molecule has 0 amide bonds. The molecule has 30 heavy (non-hydrogen) atoms. The minimum Gasteiger partial charge on any atom is -0.461 e. The van der Waals surface area contributed by atoms with Gasteiger partial charge in [-0.25, -0.2) is 9.78 Å². The van der Waals surface area contributed by atoms with Crippen LogP contribution in [0.15, 0.2) is 35.5 Å². The van der Waals surface area contributed by atoms with Gasteiger partial charge in [-0.2, -0.15) is 0 Å². The number of hydrogen-bond donors (Lipinski definition) is 0. The SMILES string of the molecule is CCOC(=O)C1=NO[C@]2(O[C@H](OC(C)C)c3cc4ccccc4nc32)C(C2CC2)C1. The van der Waals surface area contributed by atoms with E-state index in [4.69, 9.17) is 24.0 Å². The lowest BCUT2D eigenvalue weighted by atomic mass is 9.84. The molecule has 7 heteroatoms. The Morgan fingerprint density at radius 2 is 2.10 bits per heavy atom. The van der Waals surface area contributed by atoms with E-state index in [9.17, 15) is 4.79 Å². The van der Waals surface area contributed by atoms with Gasteiger partial charge in [0.05, 0.1) is 18.2 Å². The van der Waals surface area contributed by atoms with Gasteiger partial charge in [0, 0.05) is 23.3 Å². The predicted molar refractivity (Wildman–Crippen MR) is 109 cm³/mol. The molecule has 3 atom stereocenters.